The van der Waals surface area contributed by atoms with E-state index in [0.29, 0.717) is 13.2 Å². The number of nitrogens with one attached hydrogen (secondary N) is 1. The van der Waals surface area contributed by atoms with Gasteiger partial charge in [-0.25, -0.2) is 0 Å². The number of carbonyl (C=O) groups is 1. The number of esters is 1. The molecule has 0 amide bonds. The lowest BCUT2D eigenvalue weighted by Gasteiger charge is -2.39. The van der Waals surface area contributed by atoms with Crippen molar-refractivity contribution in [1.29, 1.82) is 0 Å². The van der Waals surface area contributed by atoms with E-state index < -0.39 is 0 Å². The summed E-state index contributed by atoms with van der Waals surface area (Å²) in [5.41, 5.74) is 0.198. The summed E-state index contributed by atoms with van der Waals surface area (Å²) in [6.45, 7) is 5.17. The second-order valence-electron chi connectivity index (χ2n) is 4.34. The lowest BCUT2D eigenvalue weighted by Crippen LogP contribution is -2.50. The number of unbranched alkanes of at least 4 members (excludes halogenated alkanes) is 1. The number of ether oxygens (including phenoxy) is 1. The molecule has 1 saturated carbocycles. The monoisotopic (exact) mass is 199 g/mol. The maximum absolute atomic E-state index is 11.2. The minimum absolute atomic E-state index is 0.119. The van der Waals surface area contributed by atoms with Crippen molar-refractivity contribution in [3.05, 3.63) is 0 Å². The van der Waals surface area contributed by atoms with Crippen molar-refractivity contribution >= 4 is 5.97 Å². The lowest BCUT2D eigenvalue weighted by molar-refractivity contribution is -0.143. The molecule has 0 aromatic carbocycles. The van der Waals surface area contributed by atoms with Gasteiger partial charge >= 0.3 is 5.97 Å². The van der Waals surface area contributed by atoms with Crippen LogP contribution in [0.5, 0.6) is 0 Å². The summed E-state index contributed by atoms with van der Waals surface area (Å²) in [7, 11) is 0. The molecule has 14 heavy (non-hydrogen) atoms. The second kappa shape index (κ2) is 5.35. The Kier molecular flexibility index (Phi) is 4.39. The molecule has 0 heterocycles. The molecule has 0 unspecified atom stereocenters. The molecular weight excluding hydrogens is 178 g/mol. The first kappa shape index (κ1) is 11.5. The van der Waals surface area contributed by atoms with Crippen LogP contribution in [-0.2, 0) is 9.53 Å². The summed E-state index contributed by atoms with van der Waals surface area (Å²) < 4.78 is 5.04. The zero-order valence-electron chi connectivity index (χ0n) is 9.27. The first-order valence-corrected chi connectivity index (χ1v) is 5.57. The van der Waals surface area contributed by atoms with Gasteiger partial charge in [-0.15, -0.1) is 0 Å². The van der Waals surface area contributed by atoms with Gasteiger partial charge in [0, 0.05) is 5.54 Å². The fraction of sp³-hybridized carbons (Fsp3) is 0.909. The van der Waals surface area contributed by atoms with Crippen LogP contribution in [0, 0.1) is 0 Å². The maximum atomic E-state index is 11.2. The summed E-state index contributed by atoms with van der Waals surface area (Å²) >= 11 is 0. The molecule has 0 aromatic heterocycles. The number of carbonyl (C=O) groups excluding carboxylic acids is 1. The highest BCUT2D eigenvalue weighted by Gasteiger charge is 2.31. The van der Waals surface area contributed by atoms with Gasteiger partial charge in [0.25, 0.3) is 0 Å². The zero-order valence-corrected chi connectivity index (χ0v) is 9.27. The average molecular weight is 199 g/mol. The molecule has 1 N–H and O–H groups in total. The Morgan fingerprint density at radius 3 is 2.71 bits per heavy atom. The van der Waals surface area contributed by atoms with Gasteiger partial charge in [0.05, 0.1) is 13.2 Å². The van der Waals surface area contributed by atoms with E-state index >= 15 is 0 Å². The van der Waals surface area contributed by atoms with E-state index in [1.54, 1.807) is 0 Å². The molecule has 0 atom stereocenters. The third-order valence-electron chi connectivity index (χ3n) is 2.88. The van der Waals surface area contributed by atoms with Gasteiger partial charge in [0.1, 0.15) is 0 Å². The van der Waals surface area contributed by atoms with Crippen LogP contribution in [-0.4, -0.2) is 24.7 Å². The quantitative estimate of drug-likeness (QED) is 0.524. The van der Waals surface area contributed by atoms with Gasteiger partial charge in [-0.1, -0.05) is 13.3 Å². The normalized spacial score (nSPS) is 18.7. The van der Waals surface area contributed by atoms with Crippen molar-refractivity contribution in [2.75, 3.05) is 13.2 Å². The molecule has 3 nitrogen and oxygen atoms in total. The predicted molar refractivity (Wildman–Crippen MR) is 56.1 cm³/mol. The Labute approximate surface area is 86.2 Å². The molecule has 0 spiro atoms. The Morgan fingerprint density at radius 2 is 2.21 bits per heavy atom. The fourth-order valence-electron chi connectivity index (χ4n) is 1.55. The minimum atomic E-state index is -0.119. The Morgan fingerprint density at radius 1 is 1.50 bits per heavy atom. The third kappa shape index (κ3) is 3.66. The zero-order chi connectivity index (χ0) is 10.4. The predicted octanol–water partition coefficient (Wildman–Crippen LogP) is 1.86. The van der Waals surface area contributed by atoms with E-state index in [-0.39, 0.29) is 11.5 Å². The van der Waals surface area contributed by atoms with E-state index in [4.69, 9.17) is 4.74 Å². The molecule has 1 aliphatic rings. The molecule has 3 heteroatoms. The second-order valence-corrected chi connectivity index (χ2v) is 4.34. The average Bonchev–Trinajstić information content (AvgIpc) is 2.12. The van der Waals surface area contributed by atoms with Crippen molar-refractivity contribution in [3.8, 4) is 0 Å². The maximum Gasteiger partial charge on any atom is 0.319 e. The first-order chi connectivity index (χ1) is 6.66. The summed E-state index contributed by atoms with van der Waals surface area (Å²) in [5, 5.41) is 3.25. The Balaban J connectivity index is 2.03. The highest BCUT2D eigenvalue weighted by Crippen LogP contribution is 2.30. The van der Waals surface area contributed by atoms with Crippen molar-refractivity contribution < 1.29 is 9.53 Å². The van der Waals surface area contributed by atoms with Crippen LogP contribution in [0.25, 0.3) is 0 Å². The van der Waals surface area contributed by atoms with Crippen molar-refractivity contribution in [2.45, 2.75) is 51.5 Å². The molecule has 0 bridgehead atoms. The van der Waals surface area contributed by atoms with Crippen LogP contribution in [0.4, 0.5) is 0 Å². The summed E-state index contributed by atoms with van der Waals surface area (Å²) in [6.07, 6.45) is 5.65. The van der Waals surface area contributed by atoms with E-state index in [1.165, 1.54) is 19.3 Å². The van der Waals surface area contributed by atoms with Crippen molar-refractivity contribution in [1.82, 2.24) is 5.32 Å². The van der Waals surface area contributed by atoms with Crippen LogP contribution < -0.4 is 5.32 Å². The smallest absolute Gasteiger partial charge is 0.319 e. The third-order valence-corrected chi connectivity index (χ3v) is 2.88. The van der Waals surface area contributed by atoms with E-state index in [0.717, 1.165) is 12.8 Å². The molecule has 82 valence electrons. The number of hydrogen-bond acceptors (Lipinski definition) is 3. The van der Waals surface area contributed by atoms with Crippen LogP contribution in [0.2, 0.25) is 0 Å². The molecule has 1 aliphatic carbocycles. The van der Waals surface area contributed by atoms with E-state index in [9.17, 15) is 4.79 Å². The number of hydrogen-bond donors (Lipinski definition) is 1. The molecule has 0 aromatic rings. The SMILES string of the molecule is CCCCOC(=O)CNC1(C)CCC1. The molecular formula is C11H21NO2. The topological polar surface area (TPSA) is 38.3 Å². The summed E-state index contributed by atoms with van der Waals surface area (Å²) in [5.74, 6) is -0.119. The highest BCUT2D eigenvalue weighted by atomic mass is 16.5. The lowest BCUT2D eigenvalue weighted by atomic mass is 9.78. The van der Waals surface area contributed by atoms with E-state index in [2.05, 4.69) is 19.2 Å². The van der Waals surface area contributed by atoms with Gasteiger partial charge in [0.15, 0.2) is 0 Å². The van der Waals surface area contributed by atoms with Crippen LogP contribution >= 0.6 is 0 Å². The summed E-state index contributed by atoms with van der Waals surface area (Å²) in [4.78, 5) is 11.2. The van der Waals surface area contributed by atoms with Gasteiger partial charge in [-0.05, 0) is 32.6 Å². The van der Waals surface area contributed by atoms with Crippen molar-refractivity contribution in [2.24, 2.45) is 0 Å². The van der Waals surface area contributed by atoms with Crippen LogP contribution in [0.15, 0.2) is 0 Å². The van der Waals surface area contributed by atoms with Gasteiger partial charge in [0.2, 0.25) is 0 Å². The molecule has 1 fully saturated rings. The van der Waals surface area contributed by atoms with Gasteiger partial charge < -0.3 is 10.1 Å². The largest absolute Gasteiger partial charge is 0.465 e. The van der Waals surface area contributed by atoms with Crippen molar-refractivity contribution in [3.63, 3.8) is 0 Å². The Bertz CT molecular complexity index is 188. The molecule has 0 aliphatic heterocycles. The Hall–Kier alpha value is -0.570. The van der Waals surface area contributed by atoms with Crippen LogP contribution in [0.3, 0.4) is 0 Å². The van der Waals surface area contributed by atoms with Gasteiger partial charge in [-0.3, -0.25) is 4.79 Å². The highest BCUT2D eigenvalue weighted by molar-refractivity contribution is 5.71. The molecule has 0 radical (unpaired) electrons. The van der Waals surface area contributed by atoms with E-state index in [1.807, 2.05) is 0 Å². The molecule has 1 rings (SSSR count). The summed E-state index contributed by atoms with van der Waals surface area (Å²) in [6, 6.07) is 0. The standard InChI is InChI=1S/C11H21NO2/c1-3-4-8-14-10(13)9-12-11(2)6-5-7-11/h12H,3-9H2,1-2H3. The van der Waals surface area contributed by atoms with Crippen LogP contribution in [0.1, 0.15) is 46.0 Å². The molecule has 0 saturated heterocycles. The first-order valence-electron chi connectivity index (χ1n) is 5.57. The minimum Gasteiger partial charge on any atom is -0.465 e. The number of rotatable bonds is 6. The van der Waals surface area contributed by atoms with Gasteiger partial charge in [-0.2, -0.15) is 0 Å². The fourth-order valence-corrected chi connectivity index (χ4v) is 1.55.